The zero-order valence-electron chi connectivity index (χ0n) is 19.9. The molecule has 0 aromatic heterocycles. The van der Waals surface area contributed by atoms with E-state index in [1.165, 1.54) is 0 Å². The first-order chi connectivity index (χ1) is 15.3. The maximum absolute atomic E-state index is 13.1. The van der Waals surface area contributed by atoms with Gasteiger partial charge in [0.1, 0.15) is 17.5 Å². The van der Waals surface area contributed by atoms with E-state index in [0.717, 1.165) is 22.6 Å². The number of aryl methyl sites for hydroxylation is 1. The lowest BCUT2D eigenvalue weighted by Gasteiger charge is -2.29. The van der Waals surface area contributed by atoms with E-state index in [1.54, 1.807) is 18.9 Å². The van der Waals surface area contributed by atoms with Crippen LogP contribution in [0.1, 0.15) is 44.7 Å². The first kappa shape index (κ1) is 25.2. The van der Waals surface area contributed by atoms with E-state index in [0.29, 0.717) is 38.5 Å². The fourth-order valence-corrected chi connectivity index (χ4v) is 3.15. The molecule has 0 aliphatic carbocycles. The highest BCUT2D eigenvalue weighted by atomic mass is 16.5. The molecule has 0 fully saturated rings. The molecule has 0 spiro atoms. The first-order valence-corrected chi connectivity index (χ1v) is 11.2. The van der Waals surface area contributed by atoms with Crippen molar-refractivity contribution < 1.29 is 19.1 Å². The molecule has 2 rings (SSSR count). The summed E-state index contributed by atoms with van der Waals surface area (Å²) < 4.78 is 10.9. The maximum Gasteiger partial charge on any atom is 0.242 e. The Kier molecular flexibility index (Phi) is 10.1. The molecule has 174 valence electrons. The standard InChI is InChI=1S/C26H36N2O4/c1-19(2)17-27-26(30)21(4)28(18-22-10-8-20(3)9-11-22)25(29)7-6-16-32-24-14-12-23(31-5)13-15-24/h8-15,19,21H,6-7,16-18H2,1-5H3,(H,27,30)/t21-/m1/s1. The van der Waals surface area contributed by atoms with Gasteiger partial charge < -0.3 is 19.7 Å². The number of hydrogen-bond donors (Lipinski definition) is 1. The number of hydrogen-bond acceptors (Lipinski definition) is 4. The van der Waals surface area contributed by atoms with Crippen molar-refractivity contribution in [1.82, 2.24) is 10.2 Å². The predicted octanol–water partition coefficient (Wildman–Crippen LogP) is 4.35. The summed E-state index contributed by atoms with van der Waals surface area (Å²) in [4.78, 5) is 27.4. The van der Waals surface area contributed by atoms with E-state index in [1.807, 2.05) is 69.3 Å². The molecule has 0 heterocycles. The number of methoxy groups -OCH3 is 1. The Labute approximate surface area is 191 Å². The number of ether oxygens (including phenoxy) is 2. The smallest absolute Gasteiger partial charge is 0.242 e. The van der Waals surface area contributed by atoms with Gasteiger partial charge >= 0.3 is 0 Å². The third-order valence-electron chi connectivity index (χ3n) is 5.19. The Morgan fingerprint density at radius 3 is 2.19 bits per heavy atom. The van der Waals surface area contributed by atoms with Crippen LogP contribution in [0.15, 0.2) is 48.5 Å². The Morgan fingerprint density at radius 1 is 0.969 bits per heavy atom. The number of carbonyl (C=O) groups is 2. The minimum atomic E-state index is -0.551. The zero-order chi connectivity index (χ0) is 23.5. The molecular formula is C26H36N2O4. The molecule has 2 amide bonds. The molecule has 1 atom stereocenters. The maximum atomic E-state index is 13.1. The summed E-state index contributed by atoms with van der Waals surface area (Å²) in [6.07, 6.45) is 0.874. The number of amides is 2. The largest absolute Gasteiger partial charge is 0.497 e. The second-order valence-electron chi connectivity index (χ2n) is 8.45. The van der Waals surface area contributed by atoms with Crippen molar-refractivity contribution in [2.75, 3.05) is 20.3 Å². The number of nitrogens with one attached hydrogen (secondary N) is 1. The Hall–Kier alpha value is -3.02. The summed E-state index contributed by atoms with van der Waals surface area (Å²) in [7, 11) is 1.62. The van der Waals surface area contributed by atoms with Gasteiger partial charge in [0, 0.05) is 19.5 Å². The summed E-state index contributed by atoms with van der Waals surface area (Å²) in [6, 6.07) is 14.8. The van der Waals surface area contributed by atoms with Gasteiger partial charge in [0.15, 0.2) is 0 Å². The highest BCUT2D eigenvalue weighted by Gasteiger charge is 2.25. The SMILES string of the molecule is COc1ccc(OCCCC(=O)N(Cc2ccc(C)cc2)[C@H](C)C(=O)NCC(C)C)cc1. The predicted molar refractivity (Wildman–Crippen MR) is 127 cm³/mol. The van der Waals surface area contributed by atoms with Gasteiger partial charge in [0.05, 0.1) is 13.7 Å². The number of rotatable bonds is 12. The van der Waals surface area contributed by atoms with E-state index < -0.39 is 6.04 Å². The van der Waals surface area contributed by atoms with Gasteiger partial charge in [-0.3, -0.25) is 9.59 Å². The van der Waals surface area contributed by atoms with Crippen LogP contribution in [0.5, 0.6) is 11.5 Å². The topological polar surface area (TPSA) is 67.9 Å². The van der Waals surface area contributed by atoms with E-state index in [2.05, 4.69) is 5.32 Å². The quantitative estimate of drug-likeness (QED) is 0.498. The normalized spacial score (nSPS) is 11.7. The Morgan fingerprint density at radius 2 is 1.59 bits per heavy atom. The second kappa shape index (κ2) is 12.7. The van der Waals surface area contributed by atoms with Gasteiger partial charge in [-0.25, -0.2) is 0 Å². The van der Waals surface area contributed by atoms with E-state index in [9.17, 15) is 9.59 Å². The van der Waals surface area contributed by atoms with Crippen molar-refractivity contribution in [2.45, 2.75) is 53.1 Å². The van der Waals surface area contributed by atoms with Crippen LogP contribution in [-0.4, -0.2) is 43.0 Å². The van der Waals surface area contributed by atoms with Crippen molar-refractivity contribution in [3.63, 3.8) is 0 Å². The number of nitrogens with zero attached hydrogens (tertiary/aromatic N) is 1. The molecule has 32 heavy (non-hydrogen) atoms. The van der Waals surface area contributed by atoms with Gasteiger partial charge in [0.25, 0.3) is 0 Å². The number of carbonyl (C=O) groups excluding carboxylic acids is 2. The van der Waals surface area contributed by atoms with Crippen LogP contribution in [0.25, 0.3) is 0 Å². The number of benzene rings is 2. The molecule has 0 aliphatic heterocycles. The highest BCUT2D eigenvalue weighted by Crippen LogP contribution is 2.18. The van der Waals surface area contributed by atoms with Crippen molar-refractivity contribution >= 4 is 11.8 Å². The third kappa shape index (κ3) is 8.25. The third-order valence-corrected chi connectivity index (χ3v) is 5.19. The monoisotopic (exact) mass is 440 g/mol. The molecule has 0 saturated carbocycles. The van der Waals surface area contributed by atoms with E-state index >= 15 is 0 Å². The molecule has 6 heteroatoms. The van der Waals surface area contributed by atoms with Crippen molar-refractivity contribution in [3.8, 4) is 11.5 Å². The van der Waals surface area contributed by atoms with E-state index in [-0.39, 0.29) is 11.8 Å². The van der Waals surface area contributed by atoms with Crippen LogP contribution in [0.3, 0.4) is 0 Å². The molecule has 2 aromatic rings. The lowest BCUT2D eigenvalue weighted by atomic mass is 10.1. The van der Waals surface area contributed by atoms with Crippen LogP contribution < -0.4 is 14.8 Å². The molecule has 0 aliphatic rings. The van der Waals surface area contributed by atoms with Crippen LogP contribution in [-0.2, 0) is 16.1 Å². The van der Waals surface area contributed by atoms with Gasteiger partial charge in [-0.05, 0) is 56.0 Å². The summed E-state index contributed by atoms with van der Waals surface area (Å²) in [6.45, 7) is 9.31. The van der Waals surface area contributed by atoms with Crippen LogP contribution in [0.4, 0.5) is 0 Å². The van der Waals surface area contributed by atoms with Crippen molar-refractivity contribution in [2.24, 2.45) is 5.92 Å². The molecule has 0 unspecified atom stereocenters. The van der Waals surface area contributed by atoms with Crippen molar-refractivity contribution in [1.29, 1.82) is 0 Å². The molecule has 2 aromatic carbocycles. The average molecular weight is 441 g/mol. The van der Waals surface area contributed by atoms with Crippen LogP contribution in [0.2, 0.25) is 0 Å². The van der Waals surface area contributed by atoms with E-state index in [4.69, 9.17) is 9.47 Å². The summed E-state index contributed by atoms with van der Waals surface area (Å²) >= 11 is 0. The minimum absolute atomic E-state index is 0.0592. The molecular weight excluding hydrogens is 404 g/mol. The Bertz CT molecular complexity index is 847. The summed E-state index contributed by atoms with van der Waals surface area (Å²) in [5.41, 5.74) is 2.16. The van der Waals surface area contributed by atoms with Gasteiger partial charge in [0.2, 0.25) is 11.8 Å². The van der Waals surface area contributed by atoms with Crippen molar-refractivity contribution in [3.05, 3.63) is 59.7 Å². The van der Waals surface area contributed by atoms with Crippen LogP contribution >= 0.6 is 0 Å². The summed E-state index contributed by atoms with van der Waals surface area (Å²) in [5.74, 6) is 1.66. The van der Waals surface area contributed by atoms with Gasteiger partial charge in [-0.2, -0.15) is 0 Å². The molecule has 1 N–H and O–H groups in total. The zero-order valence-corrected chi connectivity index (χ0v) is 19.9. The molecule has 0 bridgehead atoms. The second-order valence-corrected chi connectivity index (χ2v) is 8.45. The fourth-order valence-electron chi connectivity index (χ4n) is 3.15. The summed E-state index contributed by atoms with van der Waals surface area (Å²) in [5, 5.41) is 2.94. The lowest BCUT2D eigenvalue weighted by Crippen LogP contribution is -2.48. The highest BCUT2D eigenvalue weighted by molar-refractivity contribution is 5.87. The minimum Gasteiger partial charge on any atom is -0.497 e. The Balaban J connectivity index is 1.96. The van der Waals surface area contributed by atoms with Gasteiger partial charge in [-0.15, -0.1) is 0 Å². The van der Waals surface area contributed by atoms with Crippen LogP contribution in [0, 0.1) is 12.8 Å². The molecule has 6 nitrogen and oxygen atoms in total. The average Bonchev–Trinajstić information content (AvgIpc) is 2.79. The fraction of sp³-hybridized carbons (Fsp3) is 0.462. The lowest BCUT2D eigenvalue weighted by molar-refractivity contribution is -0.140. The molecule has 0 saturated heterocycles. The van der Waals surface area contributed by atoms with Gasteiger partial charge in [-0.1, -0.05) is 43.7 Å². The first-order valence-electron chi connectivity index (χ1n) is 11.2. The molecule has 0 radical (unpaired) electrons.